The molecule has 260 valence electrons. The fraction of sp³-hybridized carbons (Fsp3) is 0.359. The molecule has 1 saturated carbocycles. The van der Waals surface area contributed by atoms with Crippen LogP contribution >= 0.6 is 15.9 Å². The van der Waals surface area contributed by atoms with Gasteiger partial charge in [-0.2, -0.15) is 0 Å². The number of carbonyl (C=O) groups is 2. The first-order chi connectivity index (χ1) is 24.1. The molecule has 0 unspecified atom stereocenters. The maximum atomic E-state index is 14.8. The van der Waals surface area contributed by atoms with Crippen LogP contribution < -0.4 is 14.4 Å². The summed E-state index contributed by atoms with van der Waals surface area (Å²) in [6, 6.07) is 20.2. The van der Waals surface area contributed by atoms with Crippen molar-refractivity contribution in [1.29, 1.82) is 0 Å². The molecule has 0 saturated heterocycles. The van der Waals surface area contributed by atoms with E-state index in [0.29, 0.717) is 17.7 Å². The fourth-order valence-corrected chi connectivity index (χ4v) is 8.69. The standard InChI is InChI=1S/C39H40BrN3O7/c1-5-43(6-2)32-25-17-24-18-26-33(42(3)4)35-31(38(41-50-35)49-21-23-15-11-8-12-16-23)37(46)39(26,47)36(45)29(24)34(44)30(25)28(19-27(32)40)48-20-22-13-9-7-10-14-22/h7-16,19,24,26,33,44,47H,5-6,17-18,20-21H2,1-4H3/t24-,26-,33-,39-/m0/s1. The second kappa shape index (κ2) is 13.4. The second-order valence-electron chi connectivity index (χ2n) is 13.3. The van der Waals surface area contributed by atoms with Crippen molar-refractivity contribution in [2.24, 2.45) is 11.8 Å². The van der Waals surface area contributed by atoms with E-state index in [0.717, 1.165) is 39.9 Å². The van der Waals surface area contributed by atoms with Crippen LogP contribution in [0.3, 0.4) is 0 Å². The molecule has 0 spiro atoms. The molecule has 0 aliphatic heterocycles. The summed E-state index contributed by atoms with van der Waals surface area (Å²) in [7, 11) is 3.63. The molecule has 10 nitrogen and oxygen atoms in total. The summed E-state index contributed by atoms with van der Waals surface area (Å²) in [5.74, 6) is -2.73. The molecule has 7 rings (SSSR count). The van der Waals surface area contributed by atoms with E-state index in [-0.39, 0.29) is 48.2 Å². The van der Waals surface area contributed by atoms with Crippen molar-refractivity contribution < 1.29 is 33.8 Å². The topological polar surface area (TPSA) is 126 Å². The fourth-order valence-electron chi connectivity index (χ4n) is 8.00. The minimum atomic E-state index is -2.49. The minimum absolute atomic E-state index is 0.0335. The van der Waals surface area contributed by atoms with Crippen LogP contribution in [0.5, 0.6) is 11.6 Å². The Morgan fingerprint density at radius 1 is 0.940 bits per heavy atom. The first kappa shape index (κ1) is 34.0. The maximum Gasteiger partial charge on any atom is 0.265 e. The lowest BCUT2D eigenvalue weighted by atomic mass is 9.57. The third-order valence-corrected chi connectivity index (χ3v) is 10.9. The van der Waals surface area contributed by atoms with Gasteiger partial charge < -0.3 is 29.1 Å². The summed E-state index contributed by atoms with van der Waals surface area (Å²) >= 11 is 3.79. The number of ether oxygens (including phenoxy) is 2. The molecule has 0 amide bonds. The summed E-state index contributed by atoms with van der Waals surface area (Å²) in [6.45, 7) is 5.92. The lowest BCUT2D eigenvalue weighted by Gasteiger charge is -2.49. The third kappa shape index (κ3) is 5.43. The predicted molar refractivity (Wildman–Crippen MR) is 191 cm³/mol. The van der Waals surface area contributed by atoms with Gasteiger partial charge in [0.05, 0.1) is 17.3 Å². The Hall–Kier alpha value is -4.45. The molecule has 11 heteroatoms. The summed E-state index contributed by atoms with van der Waals surface area (Å²) in [5.41, 5.74) is 1.44. The Morgan fingerprint density at radius 3 is 2.16 bits per heavy atom. The molecular formula is C39H40BrN3O7. The molecule has 2 N–H and O–H groups in total. The number of benzene rings is 3. The number of anilines is 1. The van der Waals surface area contributed by atoms with Crippen LogP contribution in [0.4, 0.5) is 5.69 Å². The van der Waals surface area contributed by atoms with Gasteiger partial charge in [-0.25, -0.2) is 0 Å². The van der Waals surface area contributed by atoms with Crippen LogP contribution in [0.2, 0.25) is 0 Å². The van der Waals surface area contributed by atoms with E-state index >= 15 is 0 Å². The molecule has 1 heterocycles. The molecule has 4 aromatic rings. The smallest absolute Gasteiger partial charge is 0.265 e. The Bertz CT molecular complexity index is 1970. The highest BCUT2D eigenvalue weighted by molar-refractivity contribution is 9.10. The quantitative estimate of drug-likeness (QED) is 0.170. The number of aliphatic hydroxyl groups is 2. The molecule has 4 atom stereocenters. The van der Waals surface area contributed by atoms with Gasteiger partial charge in [0.25, 0.3) is 5.88 Å². The molecule has 0 radical (unpaired) electrons. The second-order valence-corrected chi connectivity index (χ2v) is 14.2. The first-order valence-electron chi connectivity index (χ1n) is 16.9. The number of aromatic nitrogens is 1. The van der Waals surface area contributed by atoms with Crippen LogP contribution in [0, 0.1) is 11.8 Å². The largest absolute Gasteiger partial charge is 0.507 e. The lowest BCUT2D eigenvalue weighted by molar-refractivity contribution is -0.142. The number of ketones is 2. The van der Waals surface area contributed by atoms with Crippen LogP contribution in [0.25, 0.3) is 5.76 Å². The zero-order valence-corrected chi connectivity index (χ0v) is 30.1. The van der Waals surface area contributed by atoms with Crippen molar-refractivity contribution in [3.05, 3.63) is 110 Å². The van der Waals surface area contributed by atoms with Gasteiger partial charge in [0.1, 0.15) is 30.3 Å². The summed E-state index contributed by atoms with van der Waals surface area (Å²) < 4.78 is 18.9. The number of aliphatic hydroxyl groups excluding tert-OH is 1. The molecule has 3 aliphatic rings. The molecule has 1 fully saturated rings. The van der Waals surface area contributed by atoms with Gasteiger partial charge in [0.15, 0.2) is 11.4 Å². The maximum absolute atomic E-state index is 14.8. The Balaban J connectivity index is 1.34. The van der Waals surface area contributed by atoms with Crippen LogP contribution in [0.15, 0.2) is 81.3 Å². The number of Topliss-reactive ketones (excluding diaryl/α,β-unsaturated/α-hetero) is 2. The van der Waals surface area contributed by atoms with E-state index < -0.39 is 35.0 Å². The van der Waals surface area contributed by atoms with Gasteiger partial charge in [0, 0.05) is 29.1 Å². The molecule has 0 bridgehead atoms. The van der Waals surface area contributed by atoms with Crippen molar-refractivity contribution in [1.82, 2.24) is 10.1 Å². The van der Waals surface area contributed by atoms with Gasteiger partial charge in [-0.3, -0.25) is 14.5 Å². The predicted octanol–water partition coefficient (Wildman–Crippen LogP) is 6.70. The van der Waals surface area contributed by atoms with Crippen LogP contribution in [-0.4, -0.2) is 64.6 Å². The zero-order valence-electron chi connectivity index (χ0n) is 28.5. The summed E-state index contributed by atoms with van der Waals surface area (Å²) in [4.78, 5) is 33.3. The zero-order chi connectivity index (χ0) is 35.3. The number of fused-ring (bicyclic) bond motifs is 4. The normalized spacial score (nSPS) is 22.5. The summed E-state index contributed by atoms with van der Waals surface area (Å²) in [5, 5.41) is 28.8. The molecule has 3 aromatic carbocycles. The number of carbonyl (C=O) groups excluding carboxylic acids is 2. The molecule has 3 aliphatic carbocycles. The molecule has 50 heavy (non-hydrogen) atoms. The van der Waals surface area contributed by atoms with E-state index in [2.05, 4.69) is 39.8 Å². The molecule has 1 aromatic heterocycles. The van der Waals surface area contributed by atoms with E-state index in [4.69, 9.17) is 14.0 Å². The third-order valence-electron chi connectivity index (χ3n) is 10.3. The highest BCUT2D eigenvalue weighted by Gasteiger charge is 2.65. The van der Waals surface area contributed by atoms with Gasteiger partial charge >= 0.3 is 0 Å². The van der Waals surface area contributed by atoms with Crippen molar-refractivity contribution in [3.8, 4) is 11.6 Å². The van der Waals surface area contributed by atoms with Gasteiger partial charge in [-0.1, -0.05) is 60.7 Å². The van der Waals surface area contributed by atoms with Crippen LogP contribution in [-0.2, 0) is 24.4 Å². The Labute approximate surface area is 299 Å². The van der Waals surface area contributed by atoms with E-state index in [1.54, 1.807) is 0 Å². The van der Waals surface area contributed by atoms with Gasteiger partial charge in [-0.15, -0.1) is 0 Å². The average Bonchev–Trinajstić information content (AvgIpc) is 3.53. The number of rotatable bonds is 10. The summed E-state index contributed by atoms with van der Waals surface area (Å²) in [6.07, 6.45) is 0.628. The SMILES string of the molecule is CCN(CC)c1c(Br)cc(OCc2ccccc2)c2c1C[C@H]1C[C@H]3[C@H](N(C)C)c4onc(OCc5ccccc5)c4C(=O)[C@@]3(O)C(=O)C1=C2O. The van der Waals surface area contributed by atoms with Gasteiger partial charge in [-0.05, 0) is 90.5 Å². The number of hydrogen-bond donors (Lipinski definition) is 2. The Kier molecular flexibility index (Phi) is 9.08. The minimum Gasteiger partial charge on any atom is -0.507 e. The van der Waals surface area contributed by atoms with Crippen molar-refractivity contribution in [2.75, 3.05) is 32.1 Å². The average molecular weight is 743 g/mol. The molecular weight excluding hydrogens is 702 g/mol. The van der Waals surface area contributed by atoms with E-state index in [1.165, 1.54) is 0 Å². The van der Waals surface area contributed by atoms with Crippen molar-refractivity contribution in [3.63, 3.8) is 0 Å². The number of hydrogen-bond acceptors (Lipinski definition) is 10. The van der Waals surface area contributed by atoms with Gasteiger partial charge in [0.2, 0.25) is 11.6 Å². The monoisotopic (exact) mass is 741 g/mol. The number of halogens is 1. The van der Waals surface area contributed by atoms with Crippen LogP contribution in [0.1, 0.15) is 64.7 Å². The Morgan fingerprint density at radius 2 is 1.56 bits per heavy atom. The van der Waals surface area contributed by atoms with E-state index in [9.17, 15) is 19.8 Å². The number of nitrogens with zero attached hydrogens (tertiary/aromatic N) is 3. The highest BCUT2D eigenvalue weighted by Crippen LogP contribution is 2.57. The van der Waals surface area contributed by atoms with Crippen molar-refractivity contribution in [2.45, 2.75) is 51.5 Å². The lowest BCUT2D eigenvalue weighted by Crippen LogP contribution is -2.63. The highest BCUT2D eigenvalue weighted by atomic mass is 79.9. The van der Waals surface area contributed by atoms with Crippen molar-refractivity contribution >= 4 is 38.9 Å². The first-order valence-corrected chi connectivity index (χ1v) is 17.7. The van der Waals surface area contributed by atoms with E-state index in [1.807, 2.05) is 85.7 Å².